The van der Waals surface area contributed by atoms with Crippen LogP contribution in [0.3, 0.4) is 0 Å². The van der Waals surface area contributed by atoms with Gasteiger partial charge >= 0.3 is 6.18 Å². The molecule has 0 N–H and O–H groups in total. The van der Waals surface area contributed by atoms with Gasteiger partial charge in [-0.15, -0.1) is 6.58 Å². The highest BCUT2D eigenvalue weighted by Crippen LogP contribution is 2.32. The first-order valence-corrected chi connectivity index (χ1v) is 12.6. The molecule has 0 bridgehead atoms. The fourth-order valence-corrected chi connectivity index (χ4v) is 5.82. The highest BCUT2D eigenvalue weighted by atomic mass is 32.2. The van der Waals surface area contributed by atoms with Crippen LogP contribution in [0.2, 0.25) is 0 Å². The zero-order chi connectivity index (χ0) is 23.8. The molecule has 1 aliphatic carbocycles. The van der Waals surface area contributed by atoms with Crippen molar-refractivity contribution in [2.45, 2.75) is 68.7 Å². The minimum Gasteiger partial charge on any atom is -0.378 e. The van der Waals surface area contributed by atoms with Crippen molar-refractivity contribution in [3.63, 3.8) is 0 Å². The lowest BCUT2D eigenvalue weighted by molar-refractivity contribution is -0.137. The van der Waals surface area contributed by atoms with Crippen molar-refractivity contribution in [1.29, 1.82) is 0 Å². The van der Waals surface area contributed by atoms with E-state index in [1.165, 1.54) is 4.31 Å². The van der Waals surface area contributed by atoms with Gasteiger partial charge in [-0.05, 0) is 76.4 Å². The Morgan fingerprint density at radius 1 is 1.12 bits per heavy atom. The molecule has 0 atom stereocenters. The third-order valence-corrected chi connectivity index (χ3v) is 7.92. The molecule has 1 saturated carbocycles. The van der Waals surface area contributed by atoms with E-state index in [0.717, 1.165) is 63.0 Å². The van der Waals surface area contributed by atoms with Gasteiger partial charge in [-0.3, -0.25) is 0 Å². The largest absolute Gasteiger partial charge is 0.416 e. The van der Waals surface area contributed by atoms with Crippen LogP contribution in [0, 0.1) is 0 Å². The molecule has 32 heavy (non-hydrogen) atoms. The van der Waals surface area contributed by atoms with Gasteiger partial charge in [-0.25, -0.2) is 8.42 Å². The molecule has 0 heterocycles. The third kappa shape index (κ3) is 7.57. The van der Waals surface area contributed by atoms with E-state index in [2.05, 4.69) is 18.5 Å². The van der Waals surface area contributed by atoms with Crippen LogP contribution in [0.5, 0.6) is 0 Å². The molecule has 0 amide bonds. The van der Waals surface area contributed by atoms with E-state index < -0.39 is 21.8 Å². The first-order chi connectivity index (χ1) is 15.1. The number of unbranched alkanes of at least 4 members (excludes halogenated alkanes) is 1. The van der Waals surface area contributed by atoms with Gasteiger partial charge in [0.1, 0.15) is 0 Å². The molecule has 0 radical (unpaired) electrons. The number of benzene rings is 1. The Balaban J connectivity index is 1.85. The van der Waals surface area contributed by atoms with Crippen LogP contribution >= 0.6 is 0 Å². The third-order valence-electron chi connectivity index (χ3n) is 5.88. The van der Waals surface area contributed by atoms with E-state index >= 15 is 0 Å². The standard InChI is InChI=1S/C23H35F3N2O3S/c1-4-16-27(3)17-6-7-18-31-21-12-10-20(11-13-21)28(5-2)32(29,30)22-14-8-19(9-15-22)23(24,25)26/h4,8-9,14-15,20-21H,1,5-7,10-13,16-18H2,2-3H3/t20-,21-. The Bertz CT molecular complexity index is 805. The van der Waals surface area contributed by atoms with Crippen molar-refractivity contribution in [3.8, 4) is 0 Å². The second-order valence-electron chi connectivity index (χ2n) is 8.29. The second-order valence-corrected chi connectivity index (χ2v) is 10.2. The zero-order valence-electron chi connectivity index (χ0n) is 19.0. The van der Waals surface area contributed by atoms with E-state index in [4.69, 9.17) is 4.74 Å². The Morgan fingerprint density at radius 3 is 2.28 bits per heavy atom. The number of alkyl halides is 3. The van der Waals surface area contributed by atoms with Gasteiger partial charge in [-0.1, -0.05) is 13.0 Å². The van der Waals surface area contributed by atoms with E-state index in [1.54, 1.807) is 6.92 Å². The monoisotopic (exact) mass is 476 g/mol. The number of halogens is 3. The van der Waals surface area contributed by atoms with Gasteiger partial charge in [0.2, 0.25) is 10.0 Å². The predicted octanol–water partition coefficient (Wildman–Crippen LogP) is 4.94. The summed E-state index contributed by atoms with van der Waals surface area (Å²) in [5.41, 5.74) is -0.857. The highest BCUT2D eigenvalue weighted by Gasteiger charge is 2.35. The average molecular weight is 477 g/mol. The molecule has 1 aromatic carbocycles. The van der Waals surface area contributed by atoms with Crippen LogP contribution in [0.15, 0.2) is 41.8 Å². The lowest BCUT2D eigenvalue weighted by Crippen LogP contribution is -2.43. The van der Waals surface area contributed by atoms with Gasteiger partial charge < -0.3 is 9.64 Å². The van der Waals surface area contributed by atoms with Gasteiger partial charge in [0.15, 0.2) is 0 Å². The number of likely N-dealkylation sites (N-methyl/N-ethyl adjacent to an activating group) is 1. The Morgan fingerprint density at radius 2 is 1.75 bits per heavy atom. The van der Waals surface area contributed by atoms with E-state index in [1.807, 2.05) is 6.08 Å². The summed E-state index contributed by atoms with van der Waals surface area (Å²) in [6.07, 6.45) is 2.46. The maximum atomic E-state index is 13.1. The second kappa shape index (κ2) is 12.2. The number of rotatable bonds is 12. The fourth-order valence-electron chi connectivity index (χ4n) is 4.12. The van der Waals surface area contributed by atoms with E-state index in [9.17, 15) is 21.6 Å². The SMILES string of the molecule is C=CCN(C)CCCCO[C@H]1CC[C@H](N(CC)S(=O)(=O)c2ccc(C(F)(F)F)cc2)CC1. The van der Waals surface area contributed by atoms with Gasteiger partial charge in [-0.2, -0.15) is 17.5 Å². The summed E-state index contributed by atoms with van der Waals surface area (Å²) in [4.78, 5) is 2.10. The summed E-state index contributed by atoms with van der Waals surface area (Å²) in [5.74, 6) is 0. The predicted molar refractivity (Wildman–Crippen MR) is 120 cm³/mol. The van der Waals surface area contributed by atoms with Crippen LogP contribution in [0.25, 0.3) is 0 Å². The van der Waals surface area contributed by atoms with Gasteiger partial charge in [0, 0.05) is 25.7 Å². The van der Waals surface area contributed by atoms with Crippen LogP contribution in [-0.4, -0.2) is 63.1 Å². The normalized spacial score (nSPS) is 20.1. The van der Waals surface area contributed by atoms with Crippen LogP contribution < -0.4 is 0 Å². The molecular weight excluding hydrogens is 441 g/mol. The van der Waals surface area contributed by atoms with Crippen molar-refractivity contribution in [2.24, 2.45) is 0 Å². The van der Waals surface area contributed by atoms with Crippen LogP contribution in [-0.2, 0) is 20.9 Å². The molecule has 1 aliphatic rings. The lowest BCUT2D eigenvalue weighted by Gasteiger charge is -2.35. The molecular formula is C23H35F3N2O3S. The zero-order valence-corrected chi connectivity index (χ0v) is 19.8. The molecule has 0 aliphatic heterocycles. The maximum absolute atomic E-state index is 13.1. The van der Waals surface area contributed by atoms with Crippen molar-refractivity contribution >= 4 is 10.0 Å². The van der Waals surface area contributed by atoms with E-state index in [-0.39, 0.29) is 23.6 Å². The van der Waals surface area contributed by atoms with Crippen LogP contribution in [0.1, 0.15) is 51.0 Å². The Hall–Kier alpha value is -1.42. The smallest absolute Gasteiger partial charge is 0.378 e. The molecule has 182 valence electrons. The van der Waals surface area contributed by atoms with Crippen molar-refractivity contribution < 1.29 is 26.3 Å². The van der Waals surface area contributed by atoms with Gasteiger partial charge in [0.25, 0.3) is 0 Å². The number of sulfonamides is 1. The molecule has 0 spiro atoms. The first kappa shape index (κ1) is 26.8. The molecule has 0 aromatic heterocycles. The summed E-state index contributed by atoms with van der Waals surface area (Å²) in [6.45, 7) is 8.32. The maximum Gasteiger partial charge on any atom is 0.416 e. The Labute approximate surface area is 190 Å². The summed E-state index contributed by atoms with van der Waals surface area (Å²) in [6, 6.07) is 3.56. The number of ether oxygens (including phenoxy) is 1. The first-order valence-electron chi connectivity index (χ1n) is 11.2. The summed E-state index contributed by atoms with van der Waals surface area (Å²) >= 11 is 0. The molecule has 1 aromatic rings. The molecule has 0 saturated heterocycles. The lowest BCUT2D eigenvalue weighted by atomic mass is 9.93. The molecule has 5 nitrogen and oxygen atoms in total. The molecule has 2 rings (SSSR count). The number of nitrogens with zero attached hydrogens (tertiary/aromatic N) is 2. The topological polar surface area (TPSA) is 49.9 Å². The quantitative estimate of drug-likeness (QED) is 0.317. The number of hydrogen-bond donors (Lipinski definition) is 0. The van der Waals surface area contributed by atoms with Crippen molar-refractivity contribution in [1.82, 2.24) is 9.21 Å². The number of hydrogen-bond acceptors (Lipinski definition) is 4. The summed E-state index contributed by atoms with van der Waals surface area (Å²) < 4.78 is 71.9. The summed E-state index contributed by atoms with van der Waals surface area (Å²) in [7, 11) is -1.80. The average Bonchev–Trinajstić information content (AvgIpc) is 2.74. The molecule has 0 unspecified atom stereocenters. The molecule has 9 heteroatoms. The minimum atomic E-state index is -4.49. The molecule has 1 fully saturated rings. The Kier molecular flexibility index (Phi) is 10.2. The van der Waals surface area contributed by atoms with Crippen molar-refractivity contribution in [2.75, 3.05) is 33.3 Å². The van der Waals surface area contributed by atoms with Gasteiger partial charge in [0.05, 0.1) is 16.6 Å². The van der Waals surface area contributed by atoms with Crippen LogP contribution in [0.4, 0.5) is 13.2 Å². The fraction of sp³-hybridized carbons (Fsp3) is 0.652. The van der Waals surface area contributed by atoms with Crippen molar-refractivity contribution in [3.05, 3.63) is 42.5 Å². The summed E-state index contributed by atoms with van der Waals surface area (Å²) in [5, 5.41) is 0. The minimum absolute atomic E-state index is 0.104. The highest BCUT2D eigenvalue weighted by molar-refractivity contribution is 7.89. The van der Waals surface area contributed by atoms with E-state index in [0.29, 0.717) is 19.4 Å².